The third kappa shape index (κ3) is 5.70. The molecule has 0 aliphatic carbocycles. The van der Waals surface area contributed by atoms with E-state index in [2.05, 4.69) is 51.2 Å². The number of sulfonamides is 1. The molecule has 34 heavy (non-hydrogen) atoms. The lowest BCUT2D eigenvalue weighted by molar-refractivity contribution is -0.117. The Morgan fingerprint density at radius 2 is 1.41 bits per heavy atom. The summed E-state index contributed by atoms with van der Waals surface area (Å²) in [5, 5.41) is 3.16. The molecular formula is C27H39N3O3S. The Labute approximate surface area is 205 Å². The van der Waals surface area contributed by atoms with Gasteiger partial charge in [-0.05, 0) is 54.9 Å². The van der Waals surface area contributed by atoms with Gasteiger partial charge in [-0.25, -0.2) is 8.42 Å². The first kappa shape index (κ1) is 26.4. The Morgan fingerprint density at radius 3 is 1.88 bits per heavy atom. The molecule has 1 fully saturated rings. The highest BCUT2D eigenvalue weighted by Gasteiger charge is 2.31. The monoisotopic (exact) mass is 485 g/mol. The Morgan fingerprint density at radius 1 is 0.912 bits per heavy atom. The predicted octanol–water partition coefficient (Wildman–Crippen LogP) is 4.80. The standard InChI is InChI=1S/C27H39N3O3S/c1-18(2)23-9-8-10-24(19(3)4)26(23)28-25(31)17-29-11-13-30(14-12-29)34(32,33)27-21(6)15-20(5)16-22(27)7/h8-10,15-16,18-19H,11-14,17H2,1-7H3,(H,28,31). The minimum atomic E-state index is -3.56. The summed E-state index contributed by atoms with van der Waals surface area (Å²) >= 11 is 0. The molecule has 0 saturated carbocycles. The molecule has 2 aromatic carbocycles. The third-order valence-electron chi connectivity index (χ3n) is 6.54. The molecule has 1 saturated heterocycles. The van der Waals surface area contributed by atoms with Crippen LogP contribution >= 0.6 is 0 Å². The van der Waals surface area contributed by atoms with Crippen molar-refractivity contribution >= 4 is 21.6 Å². The lowest BCUT2D eigenvalue weighted by Gasteiger charge is -2.34. The van der Waals surface area contributed by atoms with Gasteiger partial charge < -0.3 is 5.32 Å². The number of hydrogen-bond donors (Lipinski definition) is 1. The highest BCUT2D eigenvalue weighted by molar-refractivity contribution is 7.89. The summed E-state index contributed by atoms with van der Waals surface area (Å²) < 4.78 is 28.2. The van der Waals surface area contributed by atoms with Crippen molar-refractivity contribution in [3.63, 3.8) is 0 Å². The first-order valence-corrected chi connectivity index (χ1v) is 13.6. The summed E-state index contributed by atoms with van der Waals surface area (Å²) in [7, 11) is -3.56. The van der Waals surface area contributed by atoms with Gasteiger partial charge in [0.15, 0.2) is 0 Å². The van der Waals surface area contributed by atoms with Crippen molar-refractivity contribution in [3.05, 3.63) is 58.1 Å². The van der Waals surface area contributed by atoms with Crippen LogP contribution in [0.2, 0.25) is 0 Å². The highest BCUT2D eigenvalue weighted by Crippen LogP contribution is 2.32. The van der Waals surface area contributed by atoms with Crippen LogP contribution in [0.25, 0.3) is 0 Å². The molecule has 0 bridgehead atoms. The smallest absolute Gasteiger partial charge is 0.243 e. The van der Waals surface area contributed by atoms with Crippen LogP contribution in [-0.4, -0.2) is 56.3 Å². The SMILES string of the molecule is Cc1cc(C)c(S(=O)(=O)N2CCN(CC(=O)Nc3c(C(C)C)cccc3C(C)C)CC2)c(C)c1. The van der Waals surface area contributed by atoms with E-state index in [4.69, 9.17) is 0 Å². The molecule has 0 radical (unpaired) electrons. The normalized spacial score (nSPS) is 15.8. The molecule has 6 nitrogen and oxygen atoms in total. The second kappa shape index (κ2) is 10.6. The van der Waals surface area contributed by atoms with Gasteiger partial charge in [-0.3, -0.25) is 9.69 Å². The van der Waals surface area contributed by atoms with E-state index in [1.54, 1.807) is 4.31 Å². The first-order chi connectivity index (χ1) is 15.9. The second-order valence-corrected chi connectivity index (χ2v) is 12.0. The first-order valence-electron chi connectivity index (χ1n) is 12.1. The van der Waals surface area contributed by atoms with Crippen molar-refractivity contribution in [2.45, 2.75) is 65.2 Å². The summed E-state index contributed by atoms with van der Waals surface area (Å²) in [5.74, 6) is 0.546. The van der Waals surface area contributed by atoms with Crippen LogP contribution in [0.15, 0.2) is 35.2 Å². The number of anilines is 1. The van der Waals surface area contributed by atoms with Crippen LogP contribution in [0.5, 0.6) is 0 Å². The van der Waals surface area contributed by atoms with E-state index in [1.165, 1.54) is 0 Å². The zero-order chi connectivity index (χ0) is 25.2. The van der Waals surface area contributed by atoms with E-state index in [1.807, 2.05) is 37.8 Å². The number of amides is 1. The van der Waals surface area contributed by atoms with Crippen LogP contribution in [0.1, 0.15) is 67.3 Å². The topological polar surface area (TPSA) is 69.7 Å². The Hall–Kier alpha value is -2.22. The van der Waals surface area contributed by atoms with Gasteiger partial charge in [0.1, 0.15) is 0 Å². The number of rotatable bonds is 7. The molecule has 7 heteroatoms. The number of piperazine rings is 1. The van der Waals surface area contributed by atoms with E-state index >= 15 is 0 Å². The number of aryl methyl sites for hydroxylation is 3. The van der Waals surface area contributed by atoms with Crippen molar-refractivity contribution in [3.8, 4) is 0 Å². The lowest BCUT2D eigenvalue weighted by atomic mass is 9.92. The maximum Gasteiger partial charge on any atom is 0.243 e. The molecule has 1 aliphatic heterocycles. The summed E-state index contributed by atoms with van der Waals surface area (Å²) in [5.41, 5.74) is 5.82. The molecule has 1 amide bonds. The van der Waals surface area contributed by atoms with E-state index in [9.17, 15) is 13.2 Å². The minimum absolute atomic E-state index is 0.0588. The number of carbonyl (C=O) groups is 1. The summed E-state index contributed by atoms with van der Waals surface area (Å²) in [6, 6.07) is 10.0. The zero-order valence-electron chi connectivity index (χ0n) is 21.6. The van der Waals surface area contributed by atoms with E-state index in [0.717, 1.165) is 33.5 Å². The molecule has 1 aliphatic rings. The minimum Gasteiger partial charge on any atom is -0.324 e. The van der Waals surface area contributed by atoms with Crippen LogP contribution in [0, 0.1) is 20.8 Å². The number of nitrogens with one attached hydrogen (secondary N) is 1. The van der Waals surface area contributed by atoms with Crippen molar-refractivity contribution in [1.29, 1.82) is 0 Å². The van der Waals surface area contributed by atoms with Gasteiger partial charge in [-0.15, -0.1) is 0 Å². The summed E-state index contributed by atoms with van der Waals surface area (Å²) in [6.07, 6.45) is 0. The summed E-state index contributed by atoms with van der Waals surface area (Å²) in [4.78, 5) is 15.4. The zero-order valence-corrected chi connectivity index (χ0v) is 22.4. The summed E-state index contributed by atoms with van der Waals surface area (Å²) in [6.45, 7) is 16.3. The fraction of sp³-hybridized carbons (Fsp3) is 0.519. The second-order valence-electron chi connectivity index (χ2n) is 10.1. The maximum absolute atomic E-state index is 13.3. The molecular weight excluding hydrogens is 446 g/mol. The molecule has 2 aromatic rings. The lowest BCUT2D eigenvalue weighted by Crippen LogP contribution is -2.50. The number of carbonyl (C=O) groups excluding carboxylic acids is 1. The fourth-order valence-electron chi connectivity index (χ4n) is 4.91. The third-order valence-corrected chi connectivity index (χ3v) is 8.74. The quantitative estimate of drug-likeness (QED) is 0.611. The van der Waals surface area contributed by atoms with Crippen molar-refractivity contribution < 1.29 is 13.2 Å². The molecule has 0 atom stereocenters. The highest BCUT2D eigenvalue weighted by atomic mass is 32.2. The number of para-hydroxylation sites is 1. The number of hydrogen-bond acceptors (Lipinski definition) is 4. The molecule has 1 N–H and O–H groups in total. The van der Waals surface area contributed by atoms with E-state index in [-0.39, 0.29) is 12.5 Å². The van der Waals surface area contributed by atoms with Crippen LogP contribution in [0.3, 0.4) is 0 Å². The van der Waals surface area contributed by atoms with Gasteiger partial charge in [-0.2, -0.15) is 4.31 Å². The van der Waals surface area contributed by atoms with Crippen LogP contribution in [-0.2, 0) is 14.8 Å². The molecule has 0 aromatic heterocycles. The van der Waals surface area contributed by atoms with Gasteiger partial charge in [-0.1, -0.05) is 63.6 Å². The van der Waals surface area contributed by atoms with Crippen molar-refractivity contribution in [2.24, 2.45) is 0 Å². The average Bonchev–Trinajstić information content (AvgIpc) is 2.72. The van der Waals surface area contributed by atoms with Crippen LogP contribution in [0.4, 0.5) is 5.69 Å². The molecule has 0 unspecified atom stereocenters. The van der Waals surface area contributed by atoms with Gasteiger partial charge >= 0.3 is 0 Å². The predicted molar refractivity (Wildman–Crippen MR) is 139 cm³/mol. The van der Waals surface area contributed by atoms with Gasteiger partial charge in [0.25, 0.3) is 0 Å². The largest absolute Gasteiger partial charge is 0.324 e. The Kier molecular flexibility index (Phi) is 8.22. The molecule has 0 spiro atoms. The van der Waals surface area contributed by atoms with Crippen molar-refractivity contribution in [1.82, 2.24) is 9.21 Å². The van der Waals surface area contributed by atoms with Crippen molar-refractivity contribution in [2.75, 3.05) is 38.0 Å². The van der Waals surface area contributed by atoms with Crippen LogP contribution < -0.4 is 5.32 Å². The van der Waals surface area contributed by atoms with E-state index in [0.29, 0.717) is 42.9 Å². The van der Waals surface area contributed by atoms with E-state index < -0.39 is 10.0 Å². The Bertz CT molecular complexity index is 1100. The molecule has 1 heterocycles. The Balaban J connectivity index is 1.67. The van der Waals surface area contributed by atoms with Gasteiger partial charge in [0.05, 0.1) is 11.4 Å². The average molecular weight is 486 g/mol. The molecule has 186 valence electrons. The number of benzene rings is 2. The molecule has 3 rings (SSSR count). The van der Waals surface area contributed by atoms with Gasteiger partial charge in [0, 0.05) is 31.9 Å². The fourth-order valence-corrected chi connectivity index (χ4v) is 6.74. The maximum atomic E-state index is 13.3. The number of nitrogens with zero attached hydrogens (tertiary/aromatic N) is 2. The van der Waals surface area contributed by atoms with Gasteiger partial charge in [0.2, 0.25) is 15.9 Å².